The molecule has 0 aliphatic rings. The van der Waals surface area contributed by atoms with Crippen molar-refractivity contribution in [3.8, 4) is 0 Å². The summed E-state index contributed by atoms with van der Waals surface area (Å²) in [5.74, 6) is 0. The average Bonchev–Trinajstić information content (AvgIpc) is 2.32. The normalized spacial score (nSPS) is 13.1. The Hall–Kier alpha value is -0.460. The number of alkyl halides is 6. The van der Waals surface area contributed by atoms with Crippen molar-refractivity contribution < 1.29 is 26.3 Å². The summed E-state index contributed by atoms with van der Waals surface area (Å²) in [5.41, 5.74) is 0. The third-order valence-corrected chi connectivity index (χ3v) is 3.35. The van der Waals surface area contributed by atoms with Gasteiger partial charge in [-0.15, -0.1) is 4.90 Å². The Morgan fingerprint density at radius 3 is 1.24 bits per heavy atom. The van der Waals surface area contributed by atoms with Gasteiger partial charge in [-0.25, -0.2) is 0 Å². The topological polar surface area (TPSA) is 3.24 Å². The summed E-state index contributed by atoms with van der Waals surface area (Å²) < 4.78 is 73.2. The molecular weight excluding hydrogens is 296 g/mol. The van der Waals surface area contributed by atoms with E-state index in [0.29, 0.717) is 12.8 Å². The molecule has 128 valence electrons. The van der Waals surface area contributed by atoms with Crippen molar-refractivity contribution in [2.75, 3.05) is 6.54 Å². The molecule has 0 aromatic carbocycles. The Kier molecular flexibility index (Phi) is 10.1. The minimum Gasteiger partial charge on any atom is -0.155 e. The van der Waals surface area contributed by atoms with Gasteiger partial charge in [-0.2, -0.15) is 26.3 Å². The van der Waals surface area contributed by atoms with Crippen LogP contribution in [0.25, 0.3) is 0 Å². The van der Waals surface area contributed by atoms with E-state index in [9.17, 15) is 26.3 Å². The number of hydrogen-bond donors (Lipinski definition) is 0. The Morgan fingerprint density at radius 2 is 0.905 bits per heavy atom. The van der Waals surface area contributed by atoms with E-state index in [-0.39, 0.29) is 6.42 Å². The molecule has 7 heteroatoms. The van der Waals surface area contributed by atoms with E-state index in [4.69, 9.17) is 0 Å². The Labute approximate surface area is 122 Å². The fraction of sp³-hybridized carbons (Fsp3) is 1.00. The van der Waals surface area contributed by atoms with Crippen LogP contribution in [0, 0.1) is 0 Å². The molecular formula is C14H25F6N. The second-order valence-corrected chi connectivity index (χ2v) is 5.27. The van der Waals surface area contributed by atoms with Gasteiger partial charge in [0.05, 0.1) is 0 Å². The highest BCUT2D eigenvalue weighted by Crippen LogP contribution is 2.33. The van der Waals surface area contributed by atoms with Crippen LogP contribution in [0.4, 0.5) is 26.3 Å². The maximum atomic E-state index is 12.2. The molecule has 21 heavy (non-hydrogen) atoms. The van der Waals surface area contributed by atoms with Gasteiger partial charge in [-0.1, -0.05) is 64.7 Å². The molecule has 0 fully saturated rings. The highest BCUT2D eigenvalue weighted by molar-refractivity contribution is 4.63. The van der Waals surface area contributed by atoms with E-state index >= 15 is 0 Å². The maximum absolute atomic E-state index is 12.2. The van der Waals surface area contributed by atoms with Gasteiger partial charge in [0.1, 0.15) is 0 Å². The highest BCUT2D eigenvalue weighted by Gasteiger charge is 2.53. The first kappa shape index (κ1) is 20.5. The van der Waals surface area contributed by atoms with E-state index in [0.717, 1.165) is 25.7 Å². The van der Waals surface area contributed by atoms with Crippen LogP contribution in [0.1, 0.15) is 71.1 Å². The van der Waals surface area contributed by atoms with Gasteiger partial charge in [-0.05, 0) is 6.42 Å². The monoisotopic (exact) mass is 321 g/mol. The number of rotatable bonds is 11. The lowest BCUT2D eigenvalue weighted by Crippen LogP contribution is -2.48. The van der Waals surface area contributed by atoms with E-state index in [1.807, 2.05) is 0 Å². The third-order valence-electron chi connectivity index (χ3n) is 3.35. The van der Waals surface area contributed by atoms with Crippen molar-refractivity contribution in [1.82, 2.24) is 4.90 Å². The minimum absolute atomic E-state index is 0.0884. The maximum Gasteiger partial charge on any atom is 0.467 e. The van der Waals surface area contributed by atoms with Gasteiger partial charge in [0.15, 0.2) is 0 Å². The summed E-state index contributed by atoms with van der Waals surface area (Å²) in [7, 11) is 0. The molecule has 0 N–H and O–H groups in total. The summed E-state index contributed by atoms with van der Waals surface area (Å²) >= 11 is 0. The van der Waals surface area contributed by atoms with Crippen molar-refractivity contribution in [2.24, 2.45) is 0 Å². The quantitative estimate of drug-likeness (QED) is 0.247. The first-order chi connectivity index (χ1) is 9.69. The molecule has 0 rings (SSSR count). The minimum atomic E-state index is -5.35. The van der Waals surface area contributed by atoms with Crippen LogP contribution >= 0.6 is 0 Å². The zero-order chi connectivity index (χ0) is 16.4. The third kappa shape index (κ3) is 10.8. The lowest BCUT2D eigenvalue weighted by molar-refractivity contribution is -0.372. The highest BCUT2D eigenvalue weighted by atomic mass is 19.4. The van der Waals surface area contributed by atoms with Crippen molar-refractivity contribution in [3.05, 3.63) is 0 Å². The van der Waals surface area contributed by atoms with E-state index in [1.54, 1.807) is 0 Å². The van der Waals surface area contributed by atoms with Gasteiger partial charge in [0, 0.05) is 6.54 Å². The van der Waals surface area contributed by atoms with Crippen LogP contribution in [-0.2, 0) is 0 Å². The second kappa shape index (κ2) is 10.3. The Balaban J connectivity index is 3.65. The lowest BCUT2D eigenvalue weighted by Gasteiger charge is -2.26. The van der Waals surface area contributed by atoms with Crippen molar-refractivity contribution in [1.29, 1.82) is 0 Å². The van der Waals surface area contributed by atoms with Crippen LogP contribution in [0.15, 0.2) is 0 Å². The molecule has 0 amide bonds. The summed E-state index contributed by atoms with van der Waals surface area (Å²) in [5, 5.41) is 0. The lowest BCUT2D eigenvalue weighted by atomic mass is 10.1. The predicted octanol–water partition coefficient (Wildman–Crippen LogP) is 6.25. The van der Waals surface area contributed by atoms with Crippen LogP contribution in [0.2, 0.25) is 0 Å². The number of nitrogens with zero attached hydrogens (tertiary/aromatic N) is 1. The molecule has 0 unspecified atom stereocenters. The first-order valence-corrected chi connectivity index (χ1v) is 7.60. The molecule has 0 aromatic heterocycles. The van der Waals surface area contributed by atoms with E-state index < -0.39 is 24.0 Å². The van der Waals surface area contributed by atoms with Crippen molar-refractivity contribution in [3.63, 3.8) is 0 Å². The molecule has 0 saturated carbocycles. The van der Waals surface area contributed by atoms with Crippen LogP contribution in [0.5, 0.6) is 0 Å². The molecule has 0 aliphatic heterocycles. The number of halogens is 6. The zero-order valence-electron chi connectivity index (χ0n) is 12.5. The fourth-order valence-electron chi connectivity index (χ4n) is 2.15. The first-order valence-electron chi connectivity index (χ1n) is 7.60. The molecule has 0 aromatic rings. The summed E-state index contributed by atoms with van der Waals surface area (Å²) in [6.45, 7) is 1.12. The average molecular weight is 321 g/mol. The molecule has 0 spiro atoms. The molecule has 0 atom stereocenters. The van der Waals surface area contributed by atoms with Gasteiger partial charge in [0.25, 0.3) is 0 Å². The predicted molar refractivity (Wildman–Crippen MR) is 70.7 cm³/mol. The fourth-order valence-corrected chi connectivity index (χ4v) is 2.15. The Bertz CT molecular complexity index is 235. The van der Waals surface area contributed by atoms with Gasteiger partial charge in [-0.3, -0.25) is 0 Å². The molecule has 0 bridgehead atoms. The van der Waals surface area contributed by atoms with Crippen LogP contribution in [0.3, 0.4) is 0 Å². The van der Waals surface area contributed by atoms with E-state index in [1.165, 1.54) is 19.3 Å². The Morgan fingerprint density at radius 1 is 0.571 bits per heavy atom. The van der Waals surface area contributed by atoms with Crippen molar-refractivity contribution >= 4 is 0 Å². The summed E-state index contributed by atoms with van der Waals surface area (Å²) in [4.78, 5) is -1.34. The zero-order valence-corrected chi connectivity index (χ0v) is 12.5. The number of hydrogen-bond acceptors (Lipinski definition) is 1. The van der Waals surface area contributed by atoms with E-state index in [2.05, 4.69) is 6.92 Å². The molecule has 0 heterocycles. The molecule has 0 saturated heterocycles. The number of unbranched alkanes of at least 4 members (excludes halogenated alkanes) is 9. The van der Waals surface area contributed by atoms with Gasteiger partial charge in [0.2, 0.25) is 0 Å². The largest absolute Gasteiger partial charge is 0.467 e. The van der Waals surface area contributed by atoms with Gasteiger partial charge >= 0.3 is 12.6 Å². The van der Waals surface area contributed by atoms with Gasteiger partial charge < -0.3 is 0 Å². The SMILES string of the molecule is CCCCCCCCCCCCN(C(F)(F)F)C(F)(F)F. The molecule has 0 radical (unpaired) electrons. The second-order valence-electron chi connectivity index (χ2n) is 5.27. The summed E-state index contributed by atoms with van der Waals surface area (Å²) in [6, 6.07) is 0. The smallest absolute Gasteiger partial charge is 0.155 e. The summed E-state index contributed by atoms with van der Waals surface area (Å²) in [6.07, 6.45) is -1.97. The van der Waals surface area contributed by atoms with Crippen LogP contribution < -0.4 is 0 Å². The molecule has 0 aliphatic carbocycles. The standard InChI is InChI=1S/C14H25F6N/c1-2-3-4-5-6-7-8-9-10-11-12-21(13(15,16)17)14(18,19)20/h2-12H2,1H3. The van der Waals surface area contributed by atoms with Crippen molar-refractivity contribution in [2.45, 2.75) is 83.7 Å². The molecule has 1 nitrogen and oxygen atoms in total. The van der Waals surface area contributed by atoms with Crippen LogP contribution in [-0.4, -0.2) is 24.0 Å².